The first-order chi connectivity index (χ1) is 10.3. The molecule has 0 saturated carbocycles. The van der Waals surface area contributed by atoms with Crippen molar-refractivity contribution in [1.82, 2.24) is 0 Å². The van der Waals surface area contributed by atoms with E-state index in [1.165, 1.54) is 58.3 Å². The van der Waals surface area contributed by atoms with E-state index in [1.807, 2.05) is 6.08 Å². The van der Waals surface area contributed by atoms with Crippen LogP contribution in [0.5, 0.6) is 0 Å². The van der Waals surface area contributed by atoms with Crippen LogP contribution < -0.4 is 0 Å². The molecule has 0 unspecified atom stereocenters. The third kappa shape index (κ3) is 44.9. The molecule has 0 aliphatic rings. The normalized spacial score (nSPS) is 8.30. The molecule has 0 saturated heterocycles. The molecule has 6 heteroatoms. The van der Waals surface area contributed by atoms with Gasteiger partial charge in [0.05, 0.1) is 0 Å². The van der Waals surface area contributed by atoms with Gasteiger partial charge in [0.1, 0.15) is 5.71 Å². The van der Waals surface area contributed by atoms with E-state index in [1.54, 1.807) is 6.92 Å². The van der Waals surface area contributed by atoms with Crippen LogP contribution in [-0.2, 0) is 9.59 Å². The molecule has 132 valence electrons. The average molecular weight is 339 g/mol. The molecule has 0 rings (SSSR count). The van der Waals surface area contributed by atoms with Crippen molar-refractivity contribution in [2.75, 3.05) is 0 Å². The van der Waals surface area contributed by atoms with E-state index in [2.05, 4.69) is 13.5 Å². The number of carbonyl (C=O) groups is 2. The predicted octanol–water partition coefficient (Wildman–Crippen LogP) is 4.26. The van der Waals surface area contributed by atoms with Crippen molar-refractivity contribution in [3.05, 3.63) is 12.7 Å². The first kappa shape index (κ1) is 30.3. The third-order valence-electron chi connectivity index (χ3n) is 2.64. The second-order valence-electron chi connectivity index (χ2n) is 4.88. The summed E-state index contributed by atoms with van der Waals surface area (Å²) >= 11 is 0. The van der Waals surface area contributed by atoms with Crippen molar-refractivity contribution in [3.63, 3.8) is 0 Å². The zero-order valence-corrected chi connectivity index (χ0v) is 14.4. The minimum atomic E-state index is -1.16. The Morgan fingerprint density at radius 1 is 1.00 bits per heavy atom. The Morgan fingerprint density at radius 2 is 1.35 bits per heavy atom. The van der Waals surface area contributed by atoms with Crippen molar-refractivity contribution in [2.24, 2.45) is 0 Å². The summed E-state index contributed by atoms with van der Waals surface area (Å²) in [6.45, 7) is 8.79. The molecule has 0 fully saturated rings. The molecule has 0 aliphatic carbocycles. The molecule has 0 amide bonds. The number of nitrogens with one attached hydrogen (secondary N) is 1. The van der Waals surface area contributed by atoms with Gasteiger partial charge >= 0.3 is 41.5 Å². The molecule has 0 atom stereocenters. The minimum absolute atomic E-state index is 0. The molecule has 0 aromatic heterocycles. The van der Waals surface area contributed by atoms with E-state index in [9.17, 15) is 9.59 Å². The van der Waals surface area contributed by atoms with Gasteiger partial charge in [-0.25, -0.2) is 4.79 Å². The van der Waals surface area contributed by atoms with Crippen molar-refractivity contribution in [3.8, 4) is 0 Å². The SMILES string of the molecule is C=CCCCCCCCCC.CC(=N)C(=O)O.CCC(=O)O.[NaH]. The average Bonchev–Trinajstić information content (AvgIpc) is 2.47. The predicted molar refractivity (Wildman–Crippen MR) is 98.9 cm³/mol. The van der Waals surface area contributed by atoms with Gasteiger partial charge in [0, 0.05) is 6.42 Å². The van der Waals surface area contributed by atoms with Crippen LogP contribution in [0.2, 0.25) is 0 Å². The van der Waals surface area contributed by atoms with E-state index in [4.69, 9.17) is 15.6 Å². The first-order valence-corrected chi connectivity index (χ1v) is 7.94. The number of carboxylic acid groups (broad SMARTS) is 2. The molecule has 0 bridgehead atoms. The Balaban J connectivity index is -0.000000128. The molecule has 5 nitrogen and oxygen atoms in total. The standard InChI is InChI=1S/C11H22.C3H5NO2.C3H6O2.Na.H/c1-3-5-7-9-11-10-8-6-4-2;1-2(4)3(5)6;1-2-3(4)5;;/h3H,1,4-11H2,2H3;4H,1H3,(H,5,6);2H2,1H3,(H,4,5);;. The number of allylic oxidation sites excluding steroid dienone is 1. The number of unbranched alkanes of at least 4 members (excludes halogenated alkanes) is 7. The summed E-state index contributed by atoms with van der Waals surface area (Å²) in [5.41, 5.74) is -0.324. The zero-order valence-electron chi connectivity index (χ0n) is 14.4. The summed E-state index contributed by atoms with van der Waals surface area (Å²) < 4.78 is 0. The van der Waals surface area contributed by atoms with Gasteiger partial charge in [0.2, 0.25) is 0 Å². The fraction of sp³-hybridized carbons (Fsp3) is 0.706. The van der Waals surface area contributed by atoms with Gasteiger partial charge in [0.15, 0.2) is 0 Å². The third-order valence-corrected chi connectivity index (χ3v) is 2.64. The molecular formula is C17H34NNaO4. The molecule has 0 aromatic carbocycles. The maximum atomic E-state index is 9.47. The van der Waals surface area contributed by atoms with Gasteiger partial charge in [-0.05, 0) is 19.8 Å². The summed E-state index contributed by atoms with van der Waals surface area (Å²) in [7, 11) is 0. The van der Waals surface area contributed by atoms with Gasteiger partial charge in [-0.1, -0.05) is 58.4 Å². The summed E-state index contributed by atoms with van der Waals surface area (Å²) in [5, 5.41) is 21.8. The van der Waals surface area contributed by atoms with E-state index < -0.39 is 11.9 Å². The van der Waals surface area contributed by atoms with Gasteiger partial charge in [-0.3, -0.25) is 10.2 Å². The molecule has 0 aromatic rings. The molecule has 3 N–H and O–H groups in total. The number of hydrogen-bond donors (Lipinski definition) is 3. The van der Waals surface area contributed by atoms with E-state index in [-0.39, 0.29) is 41.7 Å². The van der Waals surface area contributed by atoms with Gasteiger partial charge < -0.3 is 10.2 Å². The van der Waals surface area contributed by atoms with Crippen LogP contribution in [0.4, 0.5) is 0 Å². The monoisotopic (exact) mass is 339 g/mol. The fourth-order valence-electron chi connectivity index (χ4n) is 1.25. The van der Waals surface area contributed by atoms with Crippen LogP contribution in [-0.4, -0.2) is 57.4 Å². The van der Waals surface area contributed by atoms with Crippen LogP contribution in [0, 0.1) is 5.41 Å². The van der Waals surface area contributed by atoms with Crippen LogP contribution in [0.3, 0.4) is 0 Å². The number of aliphatic carboxylic acids is 2. The first-order valence-electron chi connectivity index (χ1n) is 7.94. The van der Waals surface area contributed by atoms with Crippen molar-refractivity contribution in [1.29, 1.82) is 5.41 Å². The quantitative estimate of drug-likeness (QED) is 0.240. The molecular weight excluding hydrogens is 305 g/mol. The fourth-order valence-corrected chi connectivity index (χ4v) is 1.25. The second kappa shape index (κ2) is 26.3. The zero-order chi connectivity index (χ0) is 17.8. The summed E-state index contributed by atoms with van der Waals surface area (Å²) in [5.74, 6) is -1.90. The van der Waals surface area contributed by atoms with E-state index in [0.29, 0.717) is 0 Å². The van der Waals surface area contributed by atoms with E-state index >= 15 is 0 Å². The number of hydrogen-bond acceptors (Lipinski definition) is 3. The molecule has 0 radical (unpaired) electrons. The van der Waals surface area contributed by atoms with Crippen LogP contribution >= 0.6 is 0 Å². The van der Waals surface area contributed by atoms with Crippen molar-refractivity contribution < 1.29 is 19.8 Å². The van der Waals surface area contributed by atoms with Crippen molar-refractivity contribution >= 4 is 47.2 Å². The topological polar surface area (TPSA) is 98.5 Å². The molecule has 0 heterocycles. The van der Waals surface area contributed by atoms with Crippen LogP contribution in [0.15, 0.2) is 12.7 Å². The van der Waals surface area contributed by atoms with E-state index in [0.717, 1.165) is 0 Å². The molecule has 23 heavy (non-hydrogen) atoms. The van der Waals surface area contributed by atoms with Gasteiger partial charge in [0.25, 0.3) is 0 Å². The Hall–Kier alpha value is -0.650. The molecule has 0 aliphatic heterocycles. The van der Waals surface area contributed by atoms with Crippen LogP contribution in [0.1, 0.15) is 78.6 Å². The second-order valence-corrected chi connectivity index (χ2v) is 4.88. The Labute approximate surface area is 163 Å². The Morgan fingerprint density at radius 3 is 1.61 bits per heavy atom. The van der Waals surface area contributed by atoms with Gasteiger partial charge in [-0.15, -0.1) is 6.58 Å². The molecule has 0 spiro atoms. The number of carboxylic acids is 2. The van der Waals surface area contributed by atoms with Crippen LogP contribution in [0.25, 0.3) is 0 Å². The maximum absolute atomic E-state index is 9.47. The summed E-state index contributed by atoms with van der Waals surface area (Å²) in [4.78, 5) is 18.8. The summed E-state index contributed by atoms with van der Waals surface area (Å²) in [6, 6.07) is 0. The Bertz CT molecular complexity index is 295. The Kier molecular flexibility index (Phi) is 34.5. The number of rotatable bonds is 10. The summed E-state index contributed by atoms with van der Waals surface area (Å²) in [6.07, 6.45) is 13.3. The van der Waals surface area contributed by atoms with Gasteiger partial charge in [-0.2, -0.15) is 0 Å². The van der Waals surface area contributed by atoms with Crippen molar-refractivity contribution in [2.45, 2.75) is 78.6 Å².